The van der Waals surface area contributed by atoms with E-state index in [0.29, 0.717) is 12.0 Å². The number of rotatable bonds is 2. The summed E-state index contributed by atoms with van der Waals surface area (Å²) in [6.07, 6.45) is 0. The summed E-state index contributed by atoms with van der Waals surface area (Å²) in [7, 11) is 0. The third kappa shape index (κ3) is 2.37. The predicted octanol–water partition coefficient (Wildman–Crippen LogP) is 2.29. The van der Waals surface area contributed by atoms with Gasteiger partial charge in [-0.3, -0.25) is 4.90 Å². The van der Waals surface area contributed by atoms with Crippen molar-refractivity contribution in [1.82, 2.24) is 4.90 Å². The van der Waals surface area contributed by atoms with E-state index in [1.165, 1.54) is 8.66 Å². The molecule has 0 bridgehead atoms. The molecule has 1 aliphatic rings. The molecule has 1 aromatic rings. The second-order valence-electron chi connectivity index (χ2n) is 4.04. The van der Waals surface area contributed by atoms with E-state index in [-0.39, 0.29) is 0 Å². The molecular weight excluding hydrogens is 260 g/mol. The lowest BCUT2D eigenvalue weighted by molar-refractivity contribution is 0.322. The van der Waals surface area contributed by atoms with Gasteiger partial charge in [0.2, 0.25) is 0 Å². The van der Waals surface area contributed by atoms with Gasteiger partial charge in [0.15, 0.2) is 0 Å². The van der Waals surface area contributed by atoms with E-state index in [0.717, 1.165) is 19.6 Å². The molecule has 0 aliphatic carbocycles. The number of hydrogen-bond acceptors (Lipinski definition) is 3. The number of nitrogens with zero attached hydrogens (tertiary/aromatic N) is 1. The Morgan fingerprint density at radius 2 is 2.36 bits per heavy atom. The number of hydrogen-bond donors (Lipinski definition) is 1. The van der Waals surface area contributed by atoms with Gasteiger partial charge in [-0.25, -0.2) is 0 Å². The van der Waals surface area contributed by atoms with Crippen LogP contribution in [0.4, 0.5) is 0 Å². The van der Waals surface area contributed by atoms with E-state index in [1.54, 1.807) is 0 Å². The Bertz CT molecular complexity index is 303. The van der Waals surface area contributed by atoms with Crippen molar-refractivity contribution in [2.45, 2.75) is 19.5 Å². The molecule has 2 N–H and O–H groups in total. The fraction of sp³-hybridized carbons (Fsp3) is 0.600. The van der Waals surface area contributed by atoms with Gasteiger partial charge in [0.25, 0.3) is 0 Å². The second-order valence-corrected chi connectivity index (χ2v) is 6.59. The molecule has 0 saturated carbocycles. The van der Waals surface area contributed by atoms with Crippen LogP contribution in [-0.2, 0) is 6.54 Å². The highest BCUT2D eigenvalue weighted by Gasteiger charge is 2.26. The van der Waals surface area contributed by atoms with Crippen LogP contribution in [0.25, 0.3) is 0 Å². The molecule has 0 spiro atoms. The first kappa shape index (κ1) is 10.6. The van der Waals surface area contributed by atoms with Crippen molar-refractivity contribution in [3.63, 3.8) is 0 Å². The zero-order valence-electron chi connectivity index (χ0n) is 8.24. The van der Waals surface area contributed by atoms with Gasteiger partial charge in [0, 0.05) is 30.6 Å². The van der Waals surface area contributed by atoms with Crippen LogP contribution in [0.3, 0.4) is 0 Å². The van der Waals surface area contributed by atoms with Crippen LogP contribution in [0.15, 0.2) is 15.9 Å². The van der Waals surface area contributed by atoms with Gasteiger partial charge in [-0.1, -0.05) is 6.92 Å². The monoisotopic (exact) mass is 274 g/mol. The maximum absolute atomic E-state index is 5.98. The number of likely N-dealkylation sites (tertiary alicyclic amines) is 1. The Kier molecular flexibility index (Phi) is 3.27. The molecule has 1 saturated heterocycles. The topological polar surface area (TPSA) is 29.3 Å². The first-order valence-electron chi connectivity index (χ1n) is 4.87. The Morgan fingerprint density at radius 3 is 2.86 bits per heavy atom. The van der Waals surface area contributed by atoms with Crippen molar-refractivity contribution in [2.24, 2.45) is 11.7 Å². The van der Waals surface area contributed by atoms with Crippen LogP contribution in [0.5, 0.6) is 0 Å². The smallest absolute Gasteiger partial charge is 0.0701 e. The summed E-state index contributed by atoms with van der Waals surface area (Å²) >= 11 is 5.29. The zero-order valence-corrected chi connectivity index (χ0v) is 10.6. The molecular formula is C10H15BrN2S. The third-order valence-corrected chi connectivity index (χ3v) is 4.36. The van der Waals surface area contributed by atoms with E-state index in [4.69, 9.17) is 5.73 Å². The van der Waals surface area contributed by atoms with Crippen LogP contribution in [-0.4, -0.2) is 24.0 Å². The lowest BCUT2D eigenvalue weighted by Crippen LogP contribution is -2.28. The molecule has 2 atom stereocenters. The molecule has 1 aliphatic heterocycles. The number of thiophene rings is 1. The lowest BCUT2D eigenvalue weighted by Gasteiger charge is -2.13. The van der Waals surface area contributed by atoms with Gasteiger partial charge < -0.3 is 5.73 Å². The standard InChI is InChI=1S/C10H15BrN2S/c1-7-4-13(6-9(7)12)5-8-2-3-10(11)14-8/h2-3,7,9H,4-6,12H2,1H3. The first-order chi connectivity index (χ1) is 6.65. The molecule has 78 valence electrons. The van der Waals surface area contributed by atoms with Crippen LogP contribution < -0.4 is 5.73 Å². The summed E-state index contributed by atoms with van der Waals surface area (Å²) in [6.45, 7) is 5.46. The maximum Gasteiger partial charge on any atom is 0.0701 e. The highest BCUT2D eigenvalue weighted by Crippen LogP contribution is 2.25. The number of halogens is 1. The molecule has 2 unspecified atom stereocenters. The summed E-state index contributed by atoms with van der Waals surface area (Å²) in [4.78, 5) is 3.85. The fourth-order valence-corrected chi connectivity index (χ4v) is 3.41. The fourth-order valence-electron chi connectivity index (χ4n) is 1.88. The van der Waals surface area contributed by atoms with Gasteiger partial charge in [0.05, 0.1) is 3.79 Å². The third-order valence-electron chi connectivity index (χ3n) is 2.75. The molecule has 0 aromatic carbocycles. The highest BCUT2D eigenvalue weighted by atomic mass is 79.9. The Morgan fingerprint density at radius 1 is 1.57 bits per heavy atom. The van der Waals surface area contributed by atoms with Crippen molar-refractivity contribution in [3.05, 3.63) is 20.8 Å². The predicted molar refractivity (Wildman–Crippen MR) is 64.4 cm³/mol. The number of nitrogens with two attached hydrogens (primary N) is 1. The summed E-state index contributed by atoms with van der Waals surface area (Å²) in [5.41, 5.74) is 5.98. The van der Waals surface area contributed by atoms with Gasteiger partial charge in [0.1, 0.15) is 0 Å². The summed E-state index contributed by atoms with van der Waals surface area (Å²) in [5.74, 6) is 0.637. The van der Waals surface area contributed by atoms with Crippen molar-refractivity contribution in [3.8, 4) is 0 Å². The summed E-state index contributed by atoms with van der Waals surface area (Å²) in [5, 5.41) is 0. The largest absolute Gasteiger partial charge is 0.326 e. The quantitative estimate of drug-likeness (QED) is 0.897. The summed E-state index contributed by atoms with van der Waals surface area (Å²) < 4.78 is 1.21. The maximum atomic E-state index is 5.98. The molecule has 2 rings (SSSR count). The Balaban J connectivity index is 1.93. The van der Waals surface area contributed by atoms with Crippen LogP contribution in [0, 0.1) is 5.92 Å². The molecule has 1 fully saturated rings. The average Bonchev–Trinajstić information content (AvgIpc) is 2.62. The van der Waals surface area contributed by atoms with Crippen molar-refractivity contribution >= 4 is 27.3 Å². The Hall–Kier alpha value is 0.1000. The zero-order chi connectivity index (χ0) is 10.1. The van der Waals surface area contributed by atoms with Crippen molar-refractivity contribution in [1.29, 1.82) is 0 Å². The Labute approximate surface area is 97.2 Å². The molecule has 4 heteroatoms. The van der Waals surface area contributed by atoms with E-state index in [1.807, 2.05) is 11.3 Å². The normalized spacial score (nSPS) is 28.5. The van der Waals surface area contributed by atoms with Gasteiger partial charge in [-0.15, -0.1) is 11.3 Å². The minimum absolute atomic E-state index is 0.360. The van der Waals surface area contributed by atoms with Crippen LogP contribution in [0.1, 0.15) is 11.8 Å². The SMILES string of the molecule is CC1CN(Cc2ccc(Br)s2)CC1N. The van der Waals surface area contributed by atoms with Gasteiger partial charge in [-0.2, -0.15) is 0 Å². The first-order valence-corrected chi connectivity index (χ1v) is 6.48. The average molecular weight is 275 g/mol. The molecule has 2 nitrogen and oxygen atoms in total. The van der Waals surface area contributed by atoms with E-state index in [2.05, 4.69) is 39.9 Å². The summed E-state index contributed by atoms with van der Waals surface area (Å²) in [6, 6.07) is 4.65. The molecule has 14 heavy (non-hydrogen) atoms. The van der Waals surface area contributed by atoms with Crippen LogP contribution >= 0.6 is 27.3 Å². The minimum atomic E-state index is 0.360. The van der Waals surface area contributed by atoms with Gasteiger partial charge in [-0.05, 0) is 34.0 Å². The molecule has 2 heterocycles. The van der Waals surface area contributed by atoms with Gasteiger partial charge >= 0.3 is 0 Å². The van der Waals surface area contributed by atoms with E-state index in [9.17, 15) is 0 Å². The van der Waals surface area contributed by atoms with Crippen molar-refractivity contribution < 1.29 is 0 Å². The lowest BCUT2D eigenvalue weighted by atomic mass is 10.1. The van der Waals surface area contributed by atoms with E-state index < -0.39 is 0 Å². The second kappa shape index (κ2) is 4.31. The molecule has 1 aromatic heterocycles. The van der Waals surface area contributed by atoms with Crippen molar-refractivity contribution in [2.75, 3.05) is 13.1 Å². The molecule has 0 radical (unpaired) electrons. The molecule has 0 amide bonds. The minimum Gasteiger partial charge on any atom is -0.326 e. The van der Waals surface area contributed by atoms with Crippen LogP contribution in [0.2, 0.25) is 0 Å². The van der Waals surface area contributed by atoms with E-state index >= 15 is 0 Å². The highest BCUT2D eigenvalue weighted by molar-refractivity contribution is 9.11.